The number of benzene rings is 2. The van der Waals surface area contributed by atoms with Crippen molar-refractivity contribution >= 4 is 32.6 Å². The SMILES string of the molecule is COc1cc(F)ccc1C(Br)C(=O)c1c[nH]c2ccc(C(F)(F)F)cc12. The summed E-state index contributed by atoms with van der Waals surface area (Å²) >= 11 is 3.24. The van der Waals surface area contributed by atoms with Crippen LogP contribution in [0.2, 0.25) is 0 Å². The van der Waals surface area contributed by atoms with E-state index in [1.807, 2.05) is 0 Å². The maximum atomic E-state index is 13.3. The third-order valence-corrected chi connectivity index (χ3v) is 4.88. The van der Waals surface area contributed by atoms with E-state index >= 15 is 0 Å². The number of fused-ring (bicyclic) bond motifs is 1. The van der Waals surface area contributed by atoms with E-state index in [1.165, 1.54) is 31.5 Å². The van der Waals surface area contributed by atoms with Crippen LogP contribution in [0.5, 0.6) is 5.75 Å². The Kier molecular flexibility index (Phi) is 4.79. The molecule has 0 saturated heterocycles. The number of halogens is 5. The fraction of sp³-hybridized carbons (Fsp3) is 0.167. The monoisotopic (exact) mass is 429 g/mol. The first-order valence-electron chi connectivity index (χ1n) is 7.42. The van der Waals surface area contributed by atoms with Gasteiger partial charge in [-0.25, -0.2) is 4.39 Å². The van der Waals surface area contributed by atoms with Crippen molar-refractivity contribution in [1.82, 2.24) is 4.98 Å². The molecular weight excluding hydrogens is 418 g/mol. The van der Waals surface area contributed by atoms with Gasteiger partial charge in [-0.2, -0.15) is 13.2 Å². The molecule has 0 aliphatic heterocycles. The molecule has 3 rings (SSSR count). The summed E-state index contributed by atoms with van der Waals surface area (Å²) in [5.74, 6) is -0.837. The Labute approximate surface area is 154 Å². The van der Waals surface area contributed by atoms with Gasteiger partial charge in [0, 0.05) is 34.3 Å². The second-order valence-electron chi connectivity index (χ2n) is 5.57. The molecule has 0 spiro atoms. The van der Waals surface area contributed by atoms with E-state index in [-0.39, 0.29) is 16.7 Å². The van der Waals surface area contributed by atoms with E-state index in [2.05, 4.69) is 20.9 Å². The molecule has 26 heavy (non-hydrogen) atoms. The van der Waals surface area contributed by atoms with Crippen LogP contribution in [0, 0.1) is 5.82 Å². The Morgan fingerprint density at radius 3 is 2.58 bits per heavy atom. The van der Waals surface area contributed by atoms with Crippen LogP contribution in [0.15, 0.2) is 42.6 Å². The summed E-state index contributed by atoms with van der Waals surface area (Å²) in [7, 11) is 1.34. The Balaban J connectivity index is 2.05. The minimum absolute atomic E-state index is 0.0966. The number of hydrogen-bond acceptors (Lipinski definition) is 2. The van der Waals surface area contributed by atoms with Gasteiger partial charge in [0.1, 0.15) is 16.4 Å². The number of aromatic nitrogens is 1. The molecule has 1 atom stereocenters. The third-order valence-electron chi connectivity index (χ3n) is 3.97. The lowest BCUT2D eigenvalue weighted by Crippen LogP contribution is -2.09. The number of carbonyl (C=O) groups is 1. The minimum atomic E-state index is -4.51. The maximum Gasteiger partial charge on any atom is 0.416 e. The van der Waals surface area contributed by atoms with Crippen molar-refractivity contribution in [2.45, 2.75) is 11.0 Å². The smallest absolute Gasteiger partial charge is 0.416 e. The summed E-state index contributed by atoms with van der Waals surface area (Å²) in [6.07, 6.45) is -3.16. The van der Waals surface area contributed by atoms with Crippen LogP contribution in [-0.4, -0.2) is 17.9 Å². The van der Waals surface area contributed by atoms with E-state index in [1.54, 1.807) is 0 Å². The van der Waals surface area contributed by atoms with Crippen LogP contribution in [0.25, 0.3) is 10.9 Å². The van der Waals surface area contributed by atoms with Gasteiger partial charge in [-0.15, -0.1) is 0 Å². The predicted molar refractivity (Wildman–Crippen MR) is 92.3 cm³/mol. The third kappa shape index (κ3) is 3.33. The molecule has 1 aromatic heterocycles. The second-order valence-corrected chi connectivity index (χ2v) is 6.49. The first-order chi connectivity index (χ1) is 12.2. The first-order valence-corrected chi connectivity index (χ1v) is 8.34. The largest absolute Gasteiger partial charge is 0.496 e. The topological polar surface area (TPSA) is 42.1 Å². The first kappa shape index (κ1) is 18.4. The molecule has 3 nitrogen and oxygen atoms in total. The highest BCUT2D eigenvalue weighted by Crippen LogP contribution is 2.37. The zero-order chi connectivity index (χ0) is 19.1. The lowest BCUT2D eigenvalue weighted by molar-refractivity contribution is -0.137. The van der Waals surface area contributed by atoms with Gasteiger partial charge < -0.3 is 9.72 Å². The van der Waals surface area contributed by atoms with Crippen molar-refractivity contribution < 1.29 is 27.1 Å². The number of methoxy groups -OCH3 is 1. The highest BCUT2D eigenvalue weighted by Gasteiger charge is 2.32. The fourth-order valence-electron chi connectivity index (χ4n) is 2.67. The molecule has 1 N–H and O–H groups in total. The normalized spacial score (nSPS) is 13.0. The Morgan fingerprint density at radius 2 is 1.92 bits per heavy atom. The van der Waals surface area contributed by atoms with E-state index < -0.39 is 28.2 Å². The number of aromatic amines is 1. The number of Topliss-reactive ketones (excluding diaryl/α,β-unsaturated/α-hetero) is 1. The van der Waals surface area contributed by atoms with Gasteiger partial charge in [0.25, 0.3) is 0 Å². The molecule has 1 unspecified atom stereocenters. The minimum Gasteiger partial charge on any atom is -0.496 e. The van der Waals surface area contributed by atoms with Crippen LogP contribution < -0.4 is 4.74 Å². The van der Waals surface area contributed by atoms with E-state index in [9.17, 15) is 22.4 Å². The molecule has 1 heterocycles. The van der Waals surface area contributed by atoms with Gasteiger partial charge >= 0.3 is 6.18 Å². The van der Waals surface area contributed by atoms with Crippen molar-refractivity contribution in [2.75, 3.05) is 7.11 Å². The highest BCUT2D eigenvalue weighted by molar-refractivity contribution is 9.09. The van der Waals surface area contributed by atoms with Crippen molar-refractivity contribution in [3.05, 3.63) is 65.1 Å². The van der Waals surface area contributed by atoms with Crippen molar-refractivity contribution in [2.24, 2.45) is 0 Å². The van der Waals surface area contributed by atoms with Crippen molar-refractivity contribution in [1.29, 1.82) is 0 Å². The molecule has 136 valence electrons. The number of alkyl halides is 4. The van der Waals surface area contributed by atoms with Crippen LogP contribution >= 0.6 is 15.9 Å². The summed E-state index contributed by atoms with van der Waals surface area (Å²) < 4.78 is 57.3. The number of ketones is 1. The van der Waals surface area contributed by atoms with Gasteiger partial charge in [-0.1, -0.05) is 22.0 Å². The molecule has 3 aromatic rings. The molecule has 0 saturated carbocycles. The van der Waals surface area contributed by atoms with Gasteiger partial charge in [-0.05, 0) is 24.3 Å². The Hall–Kier alpha value is -2.35. The summed E-state index contributed by atoms with van der Waals surface area (Å²) in [5, 5.41) is 0.162. The number of nitrogens with one attached hydrogen (secondary N) is 1. The van der Waals surface area contributed by atoms with Gasteiger partial charge in [0.15, 0.2) is 5.78 Å². The number of H-pyrrole nitrogens is 1. The molecule has 0 amide bonds. The Bertz CT molecular complexity index is 981. The molecule has 2 aromatic carbocycles. The number of carbonyl (C=O) groups excluding carboxylic acids is 1. The van der Waals surface area contributed by atoms with Gasteiger partial charge in [-0.3, -0.25) is 4.79 Å². The summed E-state index contributed by atoms with van der Waals surface area (Å²) in [6.45, 7) is 0. The lowest BCUT2D eigenvalue weighted by Gasteiger charge is -2.13. The molecule has 0 aliphatic rings. The standard InChI is InChI=1S/C18H12BrF4NO2/c1-26-15-7-10(20)3-4-11(15)16(19)17(25)13-8-24-14-5-2-9(6-12(13)14)18(21,22)23/h2-8,16,24H,1H3. The number of rotatable bonds is 4. The summed E-state index contributed by atoms with van der Waals surface area (Å²) in [6, 6.07) is 6.85. The van der Waals surface area contributed by atoms with Crippen LogP contribution in [0.1, 0.15) is 26.3 Å². The molecular formula is C18H12BrF4NO2. The second kappa shape index (κ2) is 6.75. The average Bonchev–Trinajstić information content (AvgIpc) is 3.02. The summed E-state index contributed by atoms with van der Waals surface area (Å²) in [4.78, 5) is 14.7. The van der Waals surface area contributed by atoms with E-state index in [0.717, 1.165) is 18.2 Å². The van der Waals surface area contributed by atoms with Crippen LogP contribution in [-0.2, 0) is 6.18 Å². The van der Waals surface area contributed by atoms with Crippen molar-refractivity contribution in [3.8, 4) is 5.75 Å². The Morgan fingerprint density at radius 1 is 1.19 bits per heavy atom. The van der Waals surface area contributed by atoms with E-state index in [4.69, 9.17) is 4.74 Å². The lowest BCUT2D eigenvalue weighted by atomic mass is 10.0. The average molecular weight is 430 g/mol. The molecule has 0 bridgehead atoms. The molecule has 0 radical (unpaired) electrons. The van der Waals surface area contributed by atoms with Gasteiger partial charge in [0.2, 0.25) is 0 Å². The maximum absolute atomic E-state index is 13.3. The quantitative estimate of drug-likeness (QED) is 0.330. The van der Waals surface area contributed by atoms with Crippen LogP contribution in [0.3, 0.4) is 0 Å². The van der Waals surface area contributed by atoms with E-state index in [0.29, 0.717) is 11.1 Å². The van der Waals surface area contributed by atoms with Gasteiger partial charge in [0.05, 0.1) is 12.7 Å². The summed E-state index contributed by atoms with van der Waals surface area (Å²) in [5.41, 5.74) is 0.0378. The number of hydrogen-bond donors (Lipinski definition) is 1. The van der Waals surface area contributed by atoms with Crippen LogP contribution in [0.4, 0.5) is 17.6 Å². The van der Waals surface area contributed by atoms with Crippen molar-refractivity contribution in [3.63, 3.8) is 0 Å². The molecule has 0 aliphatic carbocycles. The highest BCUT2D eigenvalue weighted by atomic mass is 79.9. The predicted octanol–water partition coefficient (Wildman–Crippen LogP) is 5.65. The molecule has 0 fully saturated rings. The molecule has 8 heteroatoms. The number of ether oxygens (including phenoxy) is 1. The zero-order valence-electron chi connectivity index (χ0n) is 13.3. The zero-order valence-corrected chi connectivity index (χ0v) is 14.9. The fourth-order valence-corrected chi connectivity index (χ4v) is 3.30.